The molecule has 0 bridgehead atoms. The minimum absolute atomic E-state index is 0.209. The second-order valence-corrected chi connectivity index (χ2v) is 5.93. The number of aromatic nitrogens is 4. The van der Waals surface area contributed by atoms with Crippen LogP contribution in [0.15, 0.2) is 42.7 Å². The lowest BCUT2D eigenvalue weighted by molar-refractivity contribution is -0.182. The summed E-state index contributed by atoms with van der Waals surface area (Å²) in [5, 5.41) is 13.7. The summed E-state index contributed by atoms with van der Waals surface area (Å²) in [6.07, 6.45) is -1.76. The Balaban J connectivity index is 1.59. The summed E-state index contributed by atoms with van der Waals surface area (Å²) in [5.41, 5.74) is 1.86. The number of alkyl halides is 3. The fourth-order valence-electron chi connectivity index (χ4n) is 2.16. The number of nitrogens with zero attached hydrogens (tertiary/aromatic N) is 3. The molecule has 0 saturated heterocycles. The summed E-state index contributed by atoms with van der Waals surface area (Å²) in [7, 11) is 0. The van der Waals surface area contributed by atoms with Crippen LogP contribution in [0, 0.1) is 0 Å². The first-order valence-electron chi connectivity index (χ1n) is 7.60. The Hall–Kier alpha value is -2.85. The summed E-state index contributed by atoms with van der Waals surface area (Å²) in [4.78, 5) is 12.2. The average Bonchev–Trinajstić information content (AvgIpc) is 3.24. The molecule has 2 aromatic heterocycles. The molecule has 2 N–H and O–H groups in total. The molecule has 1 aromatic carbocycles. The first-order chi connectivity index (χ1) is 12.8. The second-order valence-electron chi connectivity index (χ2n) is 5.49. The number of benzene rings is 1. The van der Waals surface area contributed by atoms with Crippen molar-refractivity contribution < 1.29 is 22.7 Å². The fraction of sp³-hybridized carbons (Fsp3) is 0.188. The third kappa shape index (κ3) is 5.31. The number of ether oxygens (including phenoxy) is 1. The SMILES string of the molecule is O=C(Nc1cnn(COCC(F)(F)F)c1)c1cc(-c2ccc(Cl)cc2)n[nH]1. The van der Waals surface area contributed by atoms with Crippen LogP contribution in [-0.2, 0) is 11.5 Å². The average molecular weight is 400 g/mol. The van der Waals surface area contributed by atoms with E-state index >= 15 is 0 Å². The lowest BCUT2D eigenvalue weighted by Crippen LogP contribution is -2.18. The molecular formula is C16H13ClF3N5O2. The van der Waals surface area contributed by atoms with Crippen molar-refractivity contribution in [3.05, 3.63) is 53.4 Å². The van der Waals surface area contributed by atoms with Gasteiger partial charge in [-0.25, -0.2) is 4.68 Å². The summed E-state index contributed by atoms with van der Waals surface area (Å²) in [6.45, 7) is -1.77. The number of nitrogens with one attached hydrogen (secondary N) is 2. The predicted molar refractivity (Wildman–Crippen MR) is 91.2 cm³/mol. The maximum atomic E-state index is 12.2. The van der Waals surface area contributed by atoms with Gasteiger partial charge in [0.25, 0.3) is 5.91 Å². The number of amides is 1. The predicted octanol–water partition coefficient (Wildman–Crippen LogP) is 3.72. The van der Waals surface area contributed by atoms with Gasteiger partial charge in [-0.2, -0.15) is 23.4 Å². The van der Waals surface area contributed by atoms with Gasteiger partial charge in [-0.1, -0.05) is 23.7 Å². The van der Waals surface area contributed by atoms with Crippen molar-refractivity contribution in [2.45, 2.75) is 12.9 Å². The van der Waals surface area contributed by atoms with Crippen LogP contribution in [0.3, 0.4) is 0 Å². The summed E-state index contributed by atoms with van der Waals surface area (Å²) in [5.74, 6) is -0.474. The number of anilines is 1. The Kier molecular flexibility index (Phi) is 5.47. The molecule has 3 rings (SSSR count). The number of hydrogen-bond donors (Lipinski definition) is 2. The standard InChI is InChI=1S/C16H13ClF3N5O2/c17-11-3-1-10(2-4-11)13-5-14(24-23-13)15(26)22-12-6-21-25(7-12)9-27-8-16(18,19)20/h1-7H,8-9H2,(H,22,26)(H,23,24). The van der Waals surface area contributed by atoms with Gasteiger partial charge < -0.3 is 10.1 Å². The van der Waals surface area contributed by atoms with Crippen LogP contribution in [0.2, 0.25) is 5.02 Å². The molecule has 7 nitrogen and oxygen atoms in total. The first kappa shape index (κ1) is 18.9. The van der Waals surface area contributed by atoms with E-state index in [0.717, 1.165) is 10.2 Å². The van der Waals surface area contributed by atoms with E-state index in [0.29, 0.717) is 16.4 Å². The highest BCUT2D eigenvalue weighted by Crippen LogP contribution is 2.20. The zero-order valence-corrected chi connectivity index (χ0v) is 14.4. The first-order valence-corrected chi connectivity index (χ1v) is 7.97. The van der Waals surface area contributed by atoms with Crippen molar-refractivity contribution >= 4 is 23.2 Å². The molecule has 0 spiro atoms. The van der Waals surface area contributed by atoms with Gasteiger partial charge in [0, 0.05) is 10.6 Å². The minimum Gasteiger partial charge on any atom is -0.350 e. The van der Waals surface area contributed by atoms with Gasteiger partial charge >= 0.3 is 6.18 Å². The topological polar surface area (TPSA) is 84.8 Å². The molecule has 142 valence electrons. The van der Waals surface area contributed by atoms with E-state index < -0.39 is 18.7 Å². The number of carbonyl (C=O) groups excluding carboxylic acids is 1. The van der Waals surface area contributed by atoms with Crippen molar-refractivity contribution in [1.82, 2.24) is 20.0 Å². The summed E-state index contributed by atoms with van der Waals surface area (Å²) in [6, 6.07) is 8.52. The van der Waals surface area contributed by atoms with Crippen LogP contribution in [-0.4, -0.2) is 38.7 Å². The number of halogens is 4. The molecule has 0 unspecified atom stereocenters. The van der Waals surface area contributed by atoms with Gasteiger partial charge in [-0.05, 0) is 18.2 Å². The molecule has 0 aliphatic carbocycles. The quantitative estimate of drug-likeness (QED) is 0.661. The van der Waals surface area contributed by atoms with Gasteiger partial charge in [0.2, 0.25) is 0 Å². The number of carbonyl (C=O) groups is 1. The molecule has 0 saturated carbocycles. The number of aromatic amines is 1. The largest absolute Gasteiger partial charge is 0.411 e. The van der Waals surface area contributed by atoms with E-state index in [2.05, 4.69) is 25.3 Å². The molecule has 27 heavy (non-hydrogen) atoms. The Morgan fingerprint density at radius 2 is 2.04 bits per heavy atom. The minimum atomic E-state index is -4.41. The molecule has 2 heterocycles. The van der Waals surface area contributed by atoms with Gasteiger partial charge in [-0.15, -0.1) is 0 Å². The number of rotatable bonds is 6. The van der Waals surface area contributed by atoms with Crippen molar-refractivity contribution in [2.24, 2.45) is 0 Å². The molecule has 0 radical (unpaired) electrons. The lowest BCUT2D eigenvalue weighted by Gasteiger charge is -2.07. The maximum Gasteiger partial charge on any atom is 0.411 e. The third-order valence-electron chi connectivity index (χ3n) is 3.34. The molecule has 11 heteroatoms. The Labute approximate surface area is 156 Å². The highest BCUT2D eigenvalue weighted by Gasteiger charge is 2.27. The maximum absolute atomic E-state index is 12.2. The van der Waals surface area contributed by atoms with Crippen LogP contribution in [0.5, 0.6) is 0 Å². The molecular weight excluding hydrogens is 387 g/mol. The molecule has 0 aliphatic rings. The van der Waals surface area contributed by atoms with E-state index in [1.54, 1.807) is 30.3 Å². The van der Waals surface area contributed by atoms with Crippen LogP contribution >= 0.6 is 11.6 Å². The number of hydrogen-bond acceptors (Lipinski definition) is 4. The third-order valence-corrected chi connectivity index (χ3v) is 3.59. The van der Waals surface area contributed by atoms with Crippen molar-refractivity contribution in [3.8, 4) is 11.3 Å². The second kappa shape index (κ2) is 7.80. The van der Waals surface area contributed by atoms with Gasteiger partial charge in [0.15, 0.2) is 0 Å². The normalized spacial score (nSPS) is 11.6. The van der Waals surface area contributed by atoms with Crippen LogP contribution in [0.4, 0.5) is 18.9 Å². The Morgan fingerprint density at radius 3 is 2.74 bits per heavy atom. The zero-order chi connectivity index (χ0) is 19.4. The molecule has 1 amide bonds. The van der Waals surface area contributed by atoms with Crippen molar-refractivity contribution in [1.29, 1.82) is 0 Å². The van der Waals surface area contributed by atoms with E-state index in [1.165, 1.54) is 12.4 Å². The Morgan fingerprint density at radius 1 is 1.30 bits per heavy atom. The van der Waals surface area contributed by atoms with Gasteiger partial charge in [0.05, 0.1) is 23.8 Å². The van der Waals surface area contributed by atoms with Gasteiger partial charge in [-0.3, -0.25) is 9.89 Å². The Bertz CT molecular complexity index is 921. The van der Waals surface area contributed by atoms with Gasteiger partial charge in [0.1, 0.15) is 19.0 Å². The molecule has 0 atom stereocenters. The van der Waals surface area contributed by atoms with E-state index in [9.17, 15) is 18.0 Å². The van der Waals surface area contributed by atoms with Crippen LogP contribution in [0.25, 0.3) is 11.3 Å². The smallest absolute Gasteiger partial charge is 0.350 e. The fourth-order valence-corrected chi connectivity index (χ4v) is 2.28. The summed E-state index contributed by atoms with van der Waals surface area (Å²) < 4.78 is 41.7. The van der Waals surface area contributed by atoms with E-state index in [4.69, 9.17) is 11.6 Å². The number of H-pyrrole nitrogens is 1. The van der Waals surface area contributed by atoms with Crippen LogP contribution in [0.1, 0.15) is 10.5 Å². The van der Waals surface area contributed by atoms with Crippen molar-refractivity contribution in [3.63, 3.8) is 0 Å². The summed E-state index contributed by atoms with van der Waals surface area (Å²) >= 11 is 5.84. The van der Waals surface area contributed by atoms with E-state index in [-0.39, 0.29) is 12.4 Å². The highest BCUT2D eigenvalue weighted by molar-refractivity contribution is 6.30. The molecule has 3 aromatic rings. The highest BCUT2D eigenvalue weighted by atomic mass is 35.5. The van der Waals surface area contributed by atoms with Crippen LogP contribution < -0.4 is 5.32 Å². The molecule has 0 fully saturated rings. The lowest BCUT2D eigenvalue weighted by atomic mass is 10.1. The zero-order valence-electron chi connectivity index (χ0n) is 13.6. The monoisotopic (exact) mass is 399 g/mol. The van der Waals surface area contributed by atoms with E-state index in [1.807, 2.05) is 0 Å². The van der Waals surface area contributed by atoms with Crippen molar-refractivity contribution in [2.75, 3.05) is 11.9 Å². The molecule has 0 aliphatic heterocycles.